The second kappa shape index (κ2) is 4.92. The summed E-state index contributed by atoms with van der Waals surface area (Å²) in [6, 6.07) is 5.55. The van der Waals surface area contributed by atoms with Crippen LogP contribution in [0.2, 0.25) is 5.02 Å². The Morgan fingerprint density at radius 3 is 3.00 bits per heavy atom. The number of rotatable bonds is 2. The summed E-state index contributed by atoms with van der Waals surface area (Å²) in [4.78, 5) is 4.44. The second-order valence-electron chi connectivity index (χ2n) is 4.70. The number of thiazole rings is 1. The van der Waals surface area contributed by atoms with Crippen LogP contribution in [0.15, 0.2) is 18.2 Å². The fourth-order valence-corrected chi connectivity index (χ4v) is 5.16. The molecule has 0 spiro atoms. The van der Waals surface area contributed by atoms with Gasteiger partial charge in [-0.2, -0.15) is 0 Å². The lowest BCUT2D eigenvalue weighted by molar-refractivity contribution is 0.562. The van der Waals surface area contributed by atoms with Crippen molar-refractivity contribution in [3.8, 4) is 0 Å². The minimum Gasteiger partial charge on any atom is -0.358 e. The lowest BCUT2D eigenvalue weighted by atomic mass is 10.2. The molecule has 1 saturated heterocycles. The molecule has 1 N–H and O–H groups in total. The molecule has 0 radical (unpaired) electrons. The third kappa shape index (κ3) is 2.85. The molecule has 1 fully saturated rings. The molecule has 0 saturated carbocycles. The molecule has 2 heterocycles. The maximum absolute atomic E-state index is 11.6. The Morgan fingerprint density at radius 2 is 2.26 bits per heavy atom. The topological polar surface area (TPSA) is 59.1 Å². The van der Waals surface area contributed by atoms with E-state index in [9.17, 15) is 8.42 Å². The third-order valence-corrected chi connectivity index (χ3v) is 6.44. The van der Waals surface area contributed by atoms with Gasteiger partial charge in [0, 0.05) is 6.04 Å². The van der Waals surface area contributed by atoms with Gasteiger partial charge in [-0.05, 0) is 25.0 Å². The second-order valence-corrected chi connectivity index (χ2v) is 8.34. The van der Waals surface area contributed by atoms with Crippen LogP contribution >= 0.6 is 22.9 Å². The standard InChI is InChI=1S/C12H13ClN2O2S2/c13-9-4-1-5-10-11(9)18-12(15-10)14-8-3-2-6-19(16,17)7-8/h1,4-5,8H,2-3,6-7H2,(H,14,15). The Morgan fingerprint density at radius 1 is 1.42 bits per heavy atom. The fourth-order valence-electron chi connectivity index (χ4n) is 2.29. The van der Waals surface area contributed by atoms with Gasteiger partial charge in [0.25, 0.3) is 0 Å². The van der Waals surface area contributed by atoms with E-state index in [0.717, 1.165) is 21.8 Å². The monoisotopic (exact) mass is 316 g/mol. The first kappa shape index (κ1) is 13.1. The SMILES string of the molecule is O=S1(=O)CCCC(Nc2nc3cccc(Cl)c3s2)C1. The van der Waals surface area contributed by atoms with Crippen LogP contribution in [0.5, 0.6) is 0 Å². The Balaban J connectivity index is 1.84. The van der Waals surface area contributed by atoms with Gasteiger partial charge in [0.2, 0.25) is 0 Å². The molecular formula is C12H13ClN2O2S2. The van der Waals surface area contributed by atoms with Crippen LogP contribution in [0, 0.1) is 0 Å². The Labute approximate surface area is 120 Å². The first-order valence-corrected chi connectivity index (χ1v) is 9.07. The van der Waals surface area contributed by atoms with E-state index >= 15 is 0 Å². The number of nitrogens with zero attached hydrogens (tertiary/aromatic N) is 1. The van der Waals surface area contributed by atoms with Crippen LogP contribution in [-0.4, -0.2) is 30.9 Å². The van der Waals surface area contributed by atoms with Gasteiger partial charge in [-0.3, -0.25) is 0 Å². The van der Waals surface area contributed by atoms with E-state index < -0.39 is 9.84 Å². The lowest BCUT2D eigenvalue weighted by Crippen LogP contribution is -2.34. The number of nitrogens with one attached hydrogen (secondary N) is 1. The van der Waals surface area contributed by atoms with Gasteiger partial charge in [-0.1, -0.05) is 29.0 Å². The van der Waals surface area contributed by atoms with Crippen molar-refractivity contribution in [1.82, 2.24) is 4.98 Å². The van der Waals surface area contributed by atoms with Crippen LogP contribution in [0.25, 0.3) is 10.2 Å². The number of hydrogen-bond acceptors (Lipinski definition) is 5. The fraction of sp³-hybridized carbons (Fsp3) is 0.417. The summed E-state index contributed by atoms with van der Waals surface area (Å²) in [6.07, 6.45) is 1.58. The van der Waals surface area contributed by atoms with Gasteiger partial charge in [0.05, 0.1) is 26.7 Å². The number of hydrogen-bond donors (Lipinski definition) is 1. The minimum absolute atomic E-state index is 0.0434. The average Bonchev–Trinajstić information content (AvgIpc) is 2.71. The van der Waals surface area contributed by atoms with Crippen molar-refractivity contribution < 1.29 is 8.42 Å². The summed E-state index contributed by atoms with van der Waals surface area (Å²) in [6.45, 7) is 0. The summed E-state index contributed by atoms with van der Waals surface area (Å²) < 4.78 is 24.1. The van der Waals surface area contributed by atoms with E-state index in [-0.39, 0.29) is 11.8 Å². The number of anilines is 1. The molecule has 1 aromatic heterocycles. The predicted octanol–water partition coefficient (Wildman–Crippen LogP) is 2.94. The summed E-state index contributed by atoms with van der Waals surface area (Å²) >= 11 is 7.57. The van der Waals surface area contributed by atoms with Gasteiger partial charge in [0.1, 0.15) is 0 Å². The first-order chi connectivity index (χ1) is 9.03. The molecule has 0 aliphatic carbocycles. The zero-order chi connectivity index (χ0) is 13.5. The van der Waals surface area contributed by atoms with E-state index in [1.54, 1.807) is 0 Å². The van der Waals surface area contributed by atoms with Crippen LogP contribution in [0.4, 0.5) is 5.13 Å². The molecule has 3 rings (SSSR count). The molecule has 2 aromatic rings. The van der Waals surface area contributed by atoms with E-state index in [2.05, 4.69) is 10.3 Å². The summed E-state index contributed by atoms with van der Waals surface area (Å²) in [5, 5.41) is 4.64. The largest absolute Gasteiger partial charge is 0.358 e. The van der Waals surface area contributed by atoms with E-state index in [0.29, 0.717) is 17.2 Å². The highest BCUT2D eigenvalue weighted by molar-refractivity contribution is 7.91. The molecule has 1 aromatic carbocycles. The van der Waals surface area contributed by atoms with Crippen molar-refractivity contribution in [1.29, 1.82) is 0 Å². The molecule has 1 atom stereocenters. The molecule has 7 heteroatoms. The molecule has 4 nitrogen and oxygen atoms in total. The van der Waals surface area contributed by atoms with E-state index in [4.69, 9.17) is 11.6 Å². The number of fused-ring (bicyclic) bond motifs is 1. The van der Waals surface area contributed by atoms with Gasteiger partial charge < -0.3 is 5.32 Å². The highest BCUT2D eigenvalue weighted by atomic mass is 35.5. The number of sulfone groups is 1. The maximum Gasteiger partial charge on any atom is 0.184 e. The van der Waals surface area contributed by atoms with Crippen molar-refractivity contribution in [3.63, 3.8) is 0 Å². The van der Waals surface area contributed by atoms with Gasteiger partial charge in [-0.25, -0.2) is 13.4 Å². The van der Waals surface area contributed by atoms with Gasteiger partial charge in [0.15, 0.2) is 15.0 Å². The van der Waals surface area contributed by atoms with Gasteiger partial charge >= 0.3 is 0 Å². The Bertz CT molecular complexity index is 712. The first-order valence-electron chi connectivity index (χ1n) is 6.05. The van der Waals surface area contributed by atoms with Crippen LogP contribution in [0.3, 0.4) is 0 Å². The summed E-state index contributed by atoms with van der Waals surface area (Å²) in [7, 11) is -2.90. The summed E-state index contributed by atoms with van der Waals surface area (Å²) in [5.74, 6) is 0.494. The number of aromatic nitrogens is 1. The molecule has 1 unspecified atom stereocenters. The van der Waals surface area contributed by atoms with Crippen LogP contribution in [-0.2, 0) is 9.84 Å². The third-order valence-electron chi connectivity index (χ3n) is 3.16. The zero-order valence-electron chi connectivity index (χ0n) is 10.1. The van der Waals surface area contributed by atoms with Crippen molar-refractivity contribution in [3.05, 3.63) is 23.2 Å². The van der Waals surface area contributed by atoms with Crippen LogP contribution in [0.1, 0.15) is 12.8 Å². The van der Waals surface area contributed by atoms with E-state index in [1.165, 1.54) is 11.3 Å². The van der Waals surface area contributed by atoms with Crippen molar-refractivity contribution in [2.75, 3.05) is 16.8 Å². The normalized spacial score (nSPS) is 22.5. The summed E-state index contributed by atoms with van der Waals surface area (Å²) in [5.41, 5.74) is 0.846. The highest BCUT2D eigenvalue weighted by Crippen LogP contribution is 2.32. The quantitative estimate of drug-likeness (QED) is 0.925. The lowest BCUT2D eigenvalue weighted by Gasteiger charge is -2.22. The van der Waals surface area contributed by atoms with E-state index in [1.807, 2.05) is 18.2 Å². The maximum atomic E-state index is 11.6. The predicted molar refractivity (Wildman–Crippen MR) is 79.9 cm³/mol. The molecule has 19 heavy (non-hydrogen) atoms. The van der Waals surface area contributed by atoms with Crippen molar-refractivity contribution in [2.24, 2.45) is 0 Å². The smallest absolute Gasteiger partial charge is 0.184 e. The molecule has 1 aliphatic rings. The minimum atomic E-state index is -2.90. The average molecular weight is 317 g/mol. The Kier molecular flexibility index (Phi) is 3.41. The number of halogens is 1. The van der Waals surface area contributed by atoms with Crippen LogP contribution < -0.4 is 5.32 Å². The highest BCUT2D eigenvalue weighted by Gasteiger charge is 2.25. The molecular weight excluding hydrogens is 304 g/mol. The molecule has 0 bridgehead atoms. The molecule has 102 valence electrons. The van der Waals surface area contributed by atoms with Crippen molar-refractivity contribution >= 4 is 48.1 Å². The zero-order valence-corrected chi connectivity index (χ0v) is 12.5. The number of benzene rings is 1. The van der Waals surface area contributed by atoms with Gasteiger partial charge in [-0.15, -0.1) is 0 Å². The Hall–Kier alpha value is -0.850. The van der Waals surface area contributed by atoms with Crippen molar-refractivity contribution in [2.45, 2.75) is 18.9 Å². The molecule has 1 aliphatic heterocycles. The molecule has 0 amide bonds.